The molecule has 0 radical (unpaired) electrons. The summed E-state index contributed by atoms with van der Waals surface area (Å²) in [7, 11) is 0. The Morgan fingerprint density at radius 2 is 2.36 bits per heavy atom. The molecule has 0 bridgehead atoms. The molecule has 1 aliphatic heterocycles. The lowest BCUT2D eigenvalue weighted by Gasteiger charge is -2.20. The summed E-state index contributed by atoms with van der Waals surface area (Å²) in [6.07, 6.45) is 0.348. The van der Waals surface area contributed by atoms with E-state index >= 15 is 0 Å². The van der Waals surface area contributed by atoms with Gasteiger partial charge in [-0.25, -0.2) is 4.79 Å². The number of aryl methyl sites for hydroxylation is 1. The lowest BCUT2D eigenvalue weighted by molar-refractivity contribution is 0.150. The maximum atomic E-state index is 11.0. The van der Waals surface area contributed by atoms with Crippen molar-refractivity contribution in [2.24, 2.45) is 0 Å². The van der Waals surface area contributed by atoms with Crippen molar-refractivity contribution in [3.63, 3.8) is 0 Å². The molecule has 2 rings (SSSR count). The smallest absolute Gasteiger partial charge is 0.411 e. The summed E-state index contributed by atoms with van der Waals surface area (Å²) in [4.78, 5) is 11.0. The number of carbonyl (C=O) groups is 1. The highest BCUT2D eigenvalue weighted by Crippen LogP contribution is 2.33. The van der Waals surface area contributed by atoms with E-state index in [9.17, 15) is 9.90 Å². The third-order valence-corrected chi connectivity index (χ3v) is 2.33. The molecule has 1 amide bonds. The fraction of sp³-hybridized carbons (Fsp3) is 0.300. The number of rotatable bonds is 1. The Bertz CT molecular complexity index is 387. The summed E-state index contributed by atoms with van der Waals surface area (Å²) < 4.78 is 4.77. The van der Waals surface area contributed by atoms with Crippen LogP contribution in [0.1, 0.15) is 18.1 Å². The van der Waals surface area contributed by atoms with Crippen molar-refractivity contribution in [1.29, 1.82) is 0 Å². The molecule has 4 heteroatoms. The van der Waals surface area contributed by atoms with Crippen LogP contribution in [0.3, 0.4) is 0 Å². The Morgan fingerprint density at radius 1 is 1.57 bits per heavy atom. The van der Waals surface area contributed by atoms with Gasteiger partial charge >= 0.3 is 6.09 Å². The number of carbonyl (C=O) groups excluding carboxylic acids is 1. The van der Waals surface area contributed by atoms with Crippen molar-refractivity contribution in [1.82, 2.24) is 0 Å². The molecule has 0 saturated carbocycles. The van der Waals surface area contributed by atoms with E-state index in [1.54, 1.807) is 12.1 Å². The lowest BCUT2D eigenvalue weighted by Crippen LogP contribution is -2.21. The highest BCUT2D eigenvalue weighted by Gasteiger charge is 2.20. The Hall–Kier alpha value is -1.71. The van der Waals surface area contributed by atoms with Crippen LogP contribution in [0, 0.1) is 0 Å². The maximum Gasteiger partial charge on any atom is 0.411 e. The normalized spacial score (nSPS) is 14.2. The van der Waals surface area contributed by atoms with Crippen LogP contribution in [0.2, 0.25) is 0 Å². The number of anilines is 1. The number of fused-ring (bicyclic) bond motifs is 1. The molecular weight excluding hydrogens is 182 g/mol. The Morgan fingerprint density at radius 3 is 3.07 bits per heavy atom. The Kier molecular flexibility index (Phi) is 2.04. The summed E-state index contributed by atoms with van der Waals surface area (Å²) in [6, 6.07) is 3.43. The van der Waals surface area contributed by atoms with Crippen LogP contribution in [0.5, 0.6) is 5.75 Å². The summed E-state index contributed by atoms with van der Waals surface area (Å²) >= 11 is 0. The van der Waals surface area contributed by atoms with Gasteiger partial charge in [0.15, 0.2) is 0 Å². The predicted octanol–water partition coefficient (Wildman–Crippen LogP) is 2.02. The average molecular weight is 193 g/mol. The van der Waals surface area contributed by atoms with Gasteiger partial charge in [-0.1, -0.05) is 13.0 Å². The highest BCUT2D eigenvalue weighted by molar-refractivity contribution is 5.89. The van der Waals surface area contributed by atoms with Crippen LogP contribution >= 0.6 is 0 Å². The molecule has 0 unspecified atom stereocenters. The molecule has 1 aliphatic rings. The summed E-state index contributed by atoms with van der Waals surface area (Å²) in [6.45, 7) is 2.13. The number of phenolic OH excluding ortho intramolecular Hbond substituents is 1. The van der Waals surface area contributed by atoms with Gasteiger partial charge in [-0.2, -0.15) is 0 Å². The minimum atomic E-state index is -0.460. The molecule has 0 aromatic heterocycles. The molecule has 0 spiro atoms. The quantitative estimate of drug-likeness (QED) is 0.717. The zero-order valence-corrected chi connectivity index (χ0v) is 7.83. The van der Waals surface area contributed by atoms with Gasteiger partial charge < -0.3 is 9.84 Å². The number of aromatic hydroxyl groups is 1. The standard InChI is InChI=1S/C10H11NO3/c1-2-6-3-4-8(12)7-5-14-10(13)11-9(6)7/h3-4,12H,2,5H2,1H3,(H,11,13). The van der Waals surface area contributed by atoms with Crippen LogP contribution in [-0.2, 0) is 17.8 Å². The number of benzene rings is 1. The molecule has 4 nitrogen and oxygen atoms in total. The minimum absolute atomic E-state index is 0.140. The second-order valence-electron chi connectivity index (χ2n) is 3.15. The van der Waals surface area contributed by atoms with Crippen molar-refractivity contribution >= 4 is 11.8 Å². The summed E-state index contributed by atoms with van der Waals surface area (Å²) in [5.41, 5.74) is 2.36. The van der Waals surface area contributed by atoms with E-state index in [4.69, 9.17) is 4.74 Å². The highest BCUT2D eigenvalue weighted by atomic mass is 16.5. The number of cyclic esters (lactones) is 1. The Labute approximate surface area is 81.5 Å². The molecule has 1 heterocycles. The first-order valence-electron chi connectivity index (χ1n) is 4.50. The lowest BCUT2D eigenvalue weighted by atomic mass is 10.0. The molecule has 14 heavy (non-hydrogen) atoms. The number of hydrogen-bond donors (Lipinski definition) is 2. The van der Waals surface area contributed by atoms with E-state index in [1.807, 2.05) is 6.92 Å². The third kappa shape index (κ3) is 1.28. The van der Waals surface area contributed by atoms with Crippen LogP contribution in [0.4, 0.5) is 10.5 Å². The molecule has 74 valence electrons. The fourth-order valence-electron chi connectivity index (χ4n) is 1.56. The molecule has 1 aromatic rings. The number of nitrogens with one attached hydrogen (secondary N) is 1. The topological polar surface area (TPSA) is 58.6 Å². The Balaban J connectivity index is 2.54. The summed E-state index contributed by atoms with van der Waals surface area (Å²) in [5, 5.41) is 12.1. The molecule has 0 fully saturated rings. The van der Waals surface area contributed by atoms with Crippen molar-refractivity contribution in [2.75, 3.05) is 5.32 Å². The largest absolute Gasteiger partial charge is 0.507 e. The molecule has 0 saturated heterocycles. The van der Waals surface area contributed by atoms with Gasteiger partial charge in [0, 0.05) is 0 Å². The van der Waals surface area contributed by atoms with E-state index in [0.717, 1.165) is 12.0 Å². The second-order valence-corrected chi connectivity index (χ2v) is 3.15. The first-order chi connectivity index (χ1) is 6.72. The van der Waals surface area contributed by atoms with Crippen molar-refractivity contribution in [3.8, 4) is 5.75 Å². The van der Waals surface area contributed by atoms with Gasteiger partial charge in [-0.05, 0) is 18.1 Å². The zero-order valence-electron chi connectivity index (χ0n) is 7.83. The van der Waals surface area contributed by atoms with E-state index in [1.165, 1.54) is 0 Å². The van der Waals surface area contributed by atoms with E-state index in [0.29, 0.717) is 11.3 Å². The number of ether oxygens (including phenoxy) is 1. The van der Waals surface area contributed by atoms with Gasteiger partial charge in [-0.3, -0.25) is 5.32 Å². The number of amides is 1. The van der Waals surface area contributed by atoms with Gasteiger partial charge in [-0.15, -0.1) is 0 Å². The SMILES string of the molecule is CCc1ccc(O)c2c1NC(=O)OC2. The maximum absolute atomic E-state index is 11.0. The van der Waals surface area contributed by atoms with Gasteiger partial charge in [0.25, 0.3) is 0 Å². The molecule has 0 atom stereocenters. The zero-order chi connectivity index (χ0) is 10.1. The minimum Gasteiger partial charge on any atom is -0.507 e. The van der Waals surface area contributed by atoms with Crippen LogP contribution in [0.25, 0.3) is 0 Å². The summed E-state index contributed by atoms with van der Waals surface area (Å²) in [5.74, 6) is 0.164. The predicted molar refractivity (Wildman–Crippen MR) is 51.3 cm³/mol. The van der Waals surface area contributed by atoms with Gasteiger partial charge in [0.1, 0.15) is 12.4 Å². The van der Waals surface area contributed by atoms with Crippen LogP contribution in [-0.4, -0.2) is 11.2 Å². The van der Waals surface area contributed by atoms with Gasteiger partial charge in [0.05, 0.1) is 11.3 Å². The monoisotopic (exact) mass is 193 g/mol. The average Bonchev–Trinajstić information content (AvgIpc) is 2.18. The number of hydrogen-bond acceptors (Lipinski definition) is 3. The molecule has 2 N–H and O–H groups in total. The van der Waals surface area contributed by atoms with Crippen LogP contribution < -0.4 is 5.32 Å². The van der Waals surface area contributed by atoms with E-state index < -0.39 is 6.09 Å². The second kappa shape index (κ2) is 3.21. The first kappa shape index (κ1) is 8.87. The van der Waals surface area contributed by atoms with Crippen LogP contribution in [0.15, 0.2) is 12.1 Å². The molecular formula is C10H11NO3. The van der Waals surface area contributed by atoms with Gasteiger partial charge in [0.2, 0.25) is 0 Å². The molecule has 0 aliphatic carbocycles. The van der Waals surface area contributed by atoms with Crippen molar-refractivity contribution in [3.05, 3.63) is 23.3 Å². The van der Waals surface area contributed by atoms with Crippen molar-refractivity contribution < 1.29 is 14.6 Å². The van der Waals surface area contributed by atoms with Crippen molar-refractivity contribution in [2.45, 2.75) is 20.0 Å². The van der Waals surface area contributed by atoms with E-state index in [-0.39, 0.29) is 12.4 Å². The molecule has 1 aromatic carbocycles. The number of phenols is 1. The first-order valence-corrected chi connectivity index (χ1v) is 4.50. The van der Waals surface area contributed by atoms with E-state index in [2.05, 4.69) is 5.32 Å². The fourth-order valence-corrected chi connectivity index (χ4v) is 1.56. The third-order valence-electron chi connectivity index (χ3n) is 2.33.